The van der Waals surface area contributed by atoms with Crippen LogP contribution in [-0.2, 0) is 25.7 Å². The van der Waals surface area contributed by atoms with Crippen LogP contribution in [0.25, 0.3) is 0 Å². The zero-order valence-corrected chi connectivity index (χ0v) is 23.4. The maximum absolute atomic E-state index is 2.37. The molecule has 0 heteroatoms. The second kappa shape index (κ2) is 11.0. The summed E-state index contributed by atoms with van der Waals surface area (Å²) in [6, 6.07) is 18.2. The molecule has 2 aromatic carbocycles. The molecule has 0 atom stereocenters. The standard InChI is InChI=1S/2C16H26/c1-15(2,3)11-13-7-9-14(10-8-13)12-16(4,5)6;1-15(2,3)11-13-8-7-9-14(10-13)12-16(4,5)6/h2*7-10H,11-12H2,1-6H3. The molecule has 0 aromatic heterocycles. The number of hydrogen-bond acceptors (Lipinski definition) is 0. The van der Waals surface area contributed by atoms with Gasteiger partial charge in [-0.1, -0.05) is 132 Å². The summed E-state index contributed by atoms with van der Waals surface area (Å²) in [4.78, 5) is 0. The highest BCUT2D eigenvalue weighted by atomic mass is 14.2. The Morgan fingerprint density at radius 3 is 0.875 bits per heavy atom. The van der Waals surface area contributed by atoms with Crippen molar-refractivity contribution in [2.45, 2.75) is 109 Å². The number of benzene rings is 2. The quantitative estimate of drug-likeness (QED) is 0.447. The summed E-state index contributed by atoms with van der Waals surface area (Å²) < 4.78 is 0. The van der Waals surface area contributed by atoms with Gasteiger partial charge in [0, 0.05) is 0 Å². The van der Waals surface area contributed by atoms with Crippen molar-refractivity contribution in [2.75, 3.05) is 0 Å². The van der Waals surface area contributed by atoms with Gasteiger partial charge >= 0.3 is 0 Å². The lowest BCUT2D eigenvalue weighted by molar-refractivity contribution is 0.405. The lowest BCUT2D eigenvalue weighted by Gasteiger charge is -2.21. The fourth-order valence-electron chi connectivity index (χ4n) is 4.07. The summed E-state index contributed by atoms with van der Waals surface area (Å²) in [7, 11) is 0. The molecular weight excluding hydrogens is 384 g/mol. The highest BCUT2D eigenvalue weighted by molar-refractivity contribution is 5.25. The Kier molecular flexibility index (Phi) is 9.82. The van der Waals surface area contributed by atoms with Crippen molar-refractivity contribution in [3.8, 4) is 0 Å². The first-order valence-corrected chi connectivity index (χ1v) is 12.5. The molecule has 0 saturated carbocycles. The van der Waals surface area contributed by atoms with Crippen LogP contribution in [0.3, 0.4) is 0 Å². The topological polar surface area (TPSA) is 0 Å². The fourth-order valence-corrected chi connectivity index (χ4v) is 4.07. The summed E-state index contributed by atoms with van der Waals surface area (Å²) >= 11 is 0. The number of rotatable bonds is 4. The van der Waals surface area contributed by atoms with E-state index in [2.05, 4.69) is 132 Å². The first kappa shape index (κ1) is 28.5. The zero-order valence-electron chi connectivity index (χ0n) is 23.4. The van der Waals surface area contributed by atoms with Crippen LogP contribution in [0.5, 0.6) is 0 Å². The molecule has 180 valence electrons. The lowest BCUT2D eigenvalue weighted by atomic mass is 9.85. The van der Waals surface area contributed by atoms with Crippen LogP contribution in [0.2, 0.25) is 0 Å². The Morgan fingerprint density at radius 1 is 0.375 bits per heavy atom. The molecule has 0 nitrogen and oxygen atoms in total. The van der Waals surface area contributed by atoms with Gasteiger partial charge in [0.25, 0.3) is 0 Å². The van der Waals surface area contributed by atoms with E-state index in [4.69, 9.17) is 0 Å². The van der Waals surface area contributed by atoms with E-state index < -0.39 is 0 Å². The molecule has 0 unspecified atom stereocenters. The van der Waals surface area contributed by atoms with E-state index in [9.17, 15) is 0 Å². The minimum absolute atomic E-state index is 0.375. The minimum Gasteiger partial charge on any atom is -0.0617 e. The summed E-state index contributed by atoms with van der Waals surface area (Å²) in [5.74, 6) is 0. The molecule has 0 heterocycles. The van der Waals surface area contributed by atoms with Crippen molar-refractivity contribution in [3.63, 3.8) is 0 Å². The van der Waals surface area contributed by atoms with Crippen molar-refractivity contribution in [2.24, 2.45) is 21.7 Å². The first-order chi connectivity index (χ1) is 14.3. The highest BCUT2D eigenvalue weighted by Crippen LogP contribution is 2.25. The van der Waals surface area contributed by atoms with Crippen molar-refractivity contribution >= 4 is 0 Å². The van der Waals surface area contributed by atoms with Crippen LogP contribution >= 0.6 is 0 Å². The molecular formula is C32H52. The maximum atomic E-state index is 2.37. The van der Waals surface area contributed by atoms with Crippen molar-refractivity contribution in [1.82, 2.24) is 0 Å². The Balaban J connectivity index is 0.000000320. The summed E-state index contributed by atoms with van der Waals surface area (Å²) in [5.41, 5.74) is 7.34. The van der Waals surface area contributed by atoms with Crippen LogP contribution in [-0.4, -0.2) is 0 Å². The molecule has 2 rings (SSSR count). The second-order valence-corrected chi connectivity index (χ2v) is 14.6. The van der Waals surface area contributed by atoms with E-state index in [0.29, 0.717) is 21.7 Å². The molecule has 0 bridgehead atoms. The summed E-state index contributed by atoms with van der Waals surface area (Å²) in [6.45, 7) is 27.5. The van der Waals surface area contributed by atoms with Crippen molar-refractivity contribution in [3.05, 3.63) is 70.8 Å². The zero-order chi connectivity index (χ0) is 24.8. The Morgan fingerprint density at radius 2 is 0.625 bits per heavy atom. The molecule has 0 spiro atoms. The van der Waals surface area contributed by atoms with E-state index >= 15 is 0 Å². The van der Waals surface area contributed by atoms with E-state index in [1.54, 1.807) is 0 Å². The van der Waals surface area contributed by atoms with Gasteiger partial charge in [0.15, 0.2) is 0 Å². The molecule has 32 heavy (non-hydrogen) atoms. The molecule has 0 amide bonds. The monoisotopic (exact) mass is 436 g/mol. The largest absolute Gasteiger partial charge is 0.0617 e. The molecule has 0 aliphatic carbocycles. The molecule has 0 radical (unpaired) electrons. The van der Waals surface area contributed by atoms with Gasteiger partial charge in [-0.25, -0.2) is 0 Å². The van der Waals surface area contributed by atoms with Gasteiger partial charge in [0.2, 0.25) is 0 Å². The van der Waals surface area contributed by atoms with Crippen LogP contribution in [0.1, 0.15) is 105 Å². The average molecular weight is 437 g/mol. The van der Waals surface area contributed by atoms with E-state index in [1.165, 1.54) is 22.3 Å². The third-order valence-electron chi connectivity index (χ3n) is 4.95. The van der Waals surface area contributed by atoms with E-state index in [-0.39, 0.29) is 0 Å². The predicted molar refractivity (Wildman–Crippen MR) is 146 cm³/mol. The fraction of sp³-hybridized carbons (Fsp3) is 0.625. The van der Waals surface area contributed by atoms with Gasteiger partial charge in [-0.15, -0.1) is 0 Å². The highest BCUT2D eigenvalue weighted by Gasteiger charge is 2.15. The van der Waals surface area contributed by atoms with Crippen LogP contribution < -0.4 is 0 Å². The Hall–Kier alpha value is -1.56. The number of hydrogen-bond donors (Lipinski definition) is 0. The molecule has 2 aromatic rings. The predicted octanol–water partition coefficient (Wildman–Crippen LogP) is 9.73. The summed E-state index contributed by atoms with van der Waals surface area (Å²) in [5, 5.41) is 0. The Labute approximate surface area is 201 Å². The smallest absolute Gasteiger partial charge is 0.0230 e. The van der Waals surface area contributed by atoms with Gasteiger partial charge in [0.1, 0.15) is 0 Å². The third kappa shape index (κ3) is 14.5. The SMILES string of the molecule is CC(C)(C)Cc1ccc(CC(C)(C)C)cc1.CC(C)(C)Cc1cccc(CC(C)(C)C)c1. The van der Waals surface area contributed by atoms with Crippen LogP contribution in [0.4, 0.5) is 0 Å². The van der Waals surface area contributed by atoms with Crippen molar-refractivity contribution in [1.29, 1.82) is 0 Å². The summed E-state index contributed by atoms with van der Waals surface area (Å²) in [6.07, 6.45) is 4.63. The third-order valence-corrected chi connectivity index (χ3v) is 4.95. The Bertz CT molecular complexity index is 727. The van der Waals surface area contributed by atoms with Crippen molar-refractivity contribution < 1.29 is 0 Å². The van der Waals surface area contributed by atoms with Gasteiger partial charge in [-0.3, -0.25) is 0 Å². The molecule has 0 aliphatic heterocycles. The van der Waals surface area contributed by atoms with Gasteiger partial charge < -0.3 is 0 Å². The normalized spacial score (nSPS) is 12.9. The first-order valence-electron chi connectivity index (χ1n) is 12.5. The molecule has 0 aliphatic rings. The van der Waals surface area contributed by atoms with Gasteiger partial charge in [-0.05, 0) is 69.6 Å². The van der Waals surface area contributed by atoms with Crippen LogP contribution in [0, 0.1) is 21.7 Å². The lowest BCUT2D eigenvalue weighted by Crippen LogP contribution is -2.11. The second-order valence-electron chi connectivity index (χ2n) is 14.6. The molecule has 0 fully saturated rings. The van der Waals surface area contributed by atoms with E-state index in [1.807, 2.05) is 0 Å². The van der Waals surface area contributed by atoms with Crippen LogP contribution in [0.15, 0.2) is 48.5 Å². The van der Waals surface area contributed by atoms with Gasteiger partial charge in [-0.2, -0.15) is 0 Å². The molecule has 0 N–H and O–H groups in total. The average Bonchev–Trinajstić information content (AvgIpc) is 2.52. The van der Waals surface area contributed by atoms with Gasteiger partial charge in [0.05, 0.1) is 0 Å². The van der Waals surface area contributed by atoms with E-state index in [0.717, 1.165) is 25.7 Å². The maximum Gasteiger partial charge on any atom is -0.0230 e. The molecule has 0 saturated heterocycles. The minimum atomic E-state index is 0.375.